The second-order valence-corrected chi connectivity index (χ2v) is 25.0. The molecule has 0 aliphatic rings. The summed E-state index contributed by atoms with van der Waals surface area (Å²) >= 11 is 0. The van der Waals surface area contributed by atoms with Crippen LogP contribution in [0.4, 0.5) is 0 Å². The third kappa shape index (κ3) is 6.32. The highest BCUT2D eigenvalue weighted by Crippen LogP contribution is 2.38. The Kier molecular flexibility index (Phi) is 12.4. The standard InChI is InChI=1S/C48H56B28/c49-21-19(11-6-2-4-16(33(61)23(6)51)39(67)45(73)41(69)18(4)37(65)35(63)14(2)31(59)27(11)55)42(70)46(74)43(71)20(21)12-10-9(28(56)47(75)48(76)29(10)57)8(24(52)26(12)54)7-5-1-3-15(32(60)22(5)50)38(66)44(72)40(68)17(3)36(64)34(62)13(1)30(58)25(7)53/h49-76H2. The Balaban J connectivity index is 1.36. The first-order valence-electron chi connectivity index (χ1n) is 28.5. The zero-order valence-corrected chi connectivity index (χ0v) is 52.0. The molecule has 0 N–H and O–H groups in total. The summed E-state index contributed by atoms with van der Waals surface area (Å²) in [6.07, 6.45) is 0. The van der Waals surface area contributed by atoms with Gasteiger partial charge in [0.1, 0.15) is 220 Å². The summed E-state index contributed by atoms with van der Waals surface area (Å²) in [4.78, 5) is 0. The highest BCUT2D eigenvalue weighted by molar-refractivity contribution is 6.79. The van der Waals surface area contributed by atoms with Gasteiger partial charge in [-0.3, -0.25) is 0 Å². The summed E-state index contributed by atoms with van der Waals surface area (Å²) < 4.78 is 0. The molecule has 11 aromatic rings. The average molecular weight is 936 g/mol. The van der Waals surface area contributed by atoms with Crippen LogP contribution in [0.2, 0.25) is 0 Å². The van der Waals surface area contributed by atoms with Crippen LogP contribution in [0, 0.1) is 0 Å². The fraction of sp³-hybridized carbons (Fsp3) is 0. The van der Waals surface area contributed by atoms with Gasteiger partial charge in [0.2, 0.25) is 0 Å². The topological polar surface area (TPSA) is 0 Å². The predicted molar refractivity (Wildman–Crippen MR) is 437 cm³/mol. The van der Waals surface area contributed by atoms with Crippen LogP contribution in [0.15, 0.2) is 0 Å². The van der Waals surface area contributed by atoms with E-state index in [9.17, 15) is 0 Å². The number of rotatable bonds is 3. The second kappa shape index (κ2) is 17.5. The molecule has 11 aromatic carbocycles. The quantitative estimate of drug-likeness (QED) is 0.122. The van der Waals surface area contributed by atoms with E-state index in [1.165, 1.54) is 262 Å². The largest absolute Gasteiger partial charge is 0.140 e. The first kappa shape index (κ1) is 53.6. The van der Waals surface area contributed by atoms with Crippen molar-refractivity contribution >= 4 is 448 Å². The van der Waals surface area contributed by atoms with Crippen molar-refractivity contribution < 1.29 is 0 Å². The van der Waals surface area contributed by atoms with Gasteiger partial charge in [0.05, 0.1) is 0 Å². The molecule has 0 bridgehead atoms. The van der Waals surface area contributed by atoms with E-state index < -0.39 is 0 Å². The SMILES string of the molecule is Bc1c(B)c(-c2c(B)c(B)c(-c3c(B)c(B)c4c(B)c(B)c5c(B)c(B)c(B)c6c(B)c(B)c3c4c56)c3c(B)c(B)c(B)c(B)c23)c(B)c(-c2c(B)c(B)c3c(B)c(B)c4c(B)c(B)c(B)c5c(B)c(B)c2c3c45)c1B. The zero-order chi connectivity index (χ0) is 55.7. The Bertz CT molecular complexity index is 4610. The second-order valence-electron chi connectivity index (χ2n) is 25.0. The van der Waals surface area contributed by atoms with Crippen LogP contribution in [0.1, 0.15) is 0 Å². The molecule has 0 saturated carbocycles. The monoisotopic (exact) mass is 941 g/mol. The molecule has 0 nitrogen and oxygen atoms in total. The minimum absolute atomic E-state index is 1.39. The Morgan fingerprint density at radius 1 is 0.0789 bits per heavy atom. The van der Waals surface area contributed by atoms with Crippen molar-refractivity contribution in [1.82, 2.24) is 0 Å². The summed E-state index contributed by atoms with van der Waals surface area (Å²) in [5.74, 6) is 0. The van der Waals surface area contributed by atoms with Crippen molar-refractivity contribution in [2.75, 3.05) is 0 Å². The summed E-state index contributed by atoms with van der Waals surface area (Å²) in [6.45, 7) is 0. The van der Waals surface area contributed by atoms with Gasteiger partial charge in [-0.05, 0) is 109 Å². The first-order valence-corrected chi connectivity index (χ1v) is 28.5. The number of benzene rings is 11. The van der Waals surface area contributed by atoms with Crippen molar-refractivity contribution in [3.8, 4) is 33.4 Å². The molecule has 0 aliphatic heterocycles. The molecule has 76 heavy (non-hydrogen) atoms. The lowest BCUT2D eigenvalue weighted by Crippen LogP contribution is -2.51. The lowest BCUT2D eigenvalue weighted by atomic mass is 9.55. The number of hydrogen-bond donors (Lipinski definition) is 0. The van der Waals surface area contributed by atoms with E-state index in [0.29, 0.717) is 0 Å². The third-order valence-electron chi connectivity index (χ3n) is 22.5. The van der Waals surface area contributed by atoms with Gasteiger partial charge in [-0.15, -0.1) is 27.3 Å². The van der Waals surface area contributed by atoms with Gasteiger partial charge < -0.3 is 0 Å². The fourth-order valence-electron chi connectivity index (χ4n) is 16.4. The van der Waals surface area contributed by atoms with Crippen LogP contribution in [-0.2, 0) is 0 Å². The predicted octanol–water partition coefficient (Wildman–Crippen LogP) is -35.1. The molecule has 28 heteroatoms. The molecule has 332 valence electrons. The summed E-state index contributed by atoms with van der Waals surface area (Å²) in [5.41, 5.74) is 48.1. The molecule has 0 atom stereocenters. The first-order chi connectivity index (χ1) is 35.5. The lowest BCUT2D eigenvalue weighted by Gasteiger charge is -2.33. The highest BCUT2D eigenvalue weighted by atomic mass is 14.3. The van der Waals surface area contributed by atoms with E-state index in [1.54, 1.807) is 0 Å². The van der Waals surface area contributed by atoms with Crippen molar-refractivity contribution in [3.63, 3.8) is 0 Å². The smallest absolute Gasteiger partial charge is 0.101 e. The molecule has 0 saturated heterocycles. The minimum atomic E-state index is 1.39. The van der Waals surface area contributed by atoms with Crippen LogP contribution < -0.4 is 153 Å². The van der Waals surface area contributed by atoms with Crippen LogP contribution >= 0.6 is 0 Å². The van der Waals surface area contributed by atoms with Gasteiger partial charge in [0, 0.05) is 0 Å². The normalized spacial score (nSPS) is 12.1. The molecule has 0 spiro atoms. The van der Waals surface area contributed by atoms with Crippen LogP contribution in [0.3, 0.4) is 0 Å². The maximum Gasteiger partial charge on any atom is 0.140 e. The molecular weight excluding hydrogens is 879 g/mol. The van der Waals surface area contributed by atoms with E-state index in [-0.39, 0.29) is 0 Å². The van der Waals surface area contributed by atoms with E-state index >= 15 is 0 Å². The van der Waals surface area contributed by atoms with Crippen molar-refractivity contribution in [3.05, 3.63) is 0 Å². The van der Waals surface area contributed by atoms with Gasteiger partial charge >= 0.3 is 0 Å². The molecule has 0 aromatic heterocycles. The highest BCUT2D eigenvalue weighted by Gasteiger charge is 2.32. The van der Waals surface area contributed by atoms with Gasteiger partial charge in [-0.25, -0.2) is 0 Å². The van der Waals surface area contributed by atoms with E-state index in [2.05, 4.69) is 220 Å². The molecule has 0 aliphatic carbocycles. The molecule has 0 fully saturated rings. The molecule has 0 radical (unpaired) electrons. The van der Waals surface area contributed by atoms with Gasteiger partial charge in [-0.2, -0.15) is 0 Å². The Morgan fingerprint density at radius 2 is 0.197 bits per heavy atom. The van der Waals surface area contributed by atoms with Gasteiger partial charge in [0.15, 0.2) is 0 Å². The summed E-state index contributed by atoms with van der Waals surface area (Å²) in [5, 5.41) is 20.4. The number of fused-ring (bicyclic) bond motifs is 1. The molecule has 11 rings (SSSR count). The number of hydrogen-bond acceptors (Lipinski definition) is 0. The molecule has 0 heterocycles. The molecular formula is C48H56B28. The van der Waals surface area contributed by atoms with Gasteiger partial charge in [0.25, 0.3) is 0 Å². The van der Waals surface area contributed by atoms with Crippen molar-refractivity contribution in [2.45, 2.75) is 0 Å². The van der Waals surface area contributed by atoms with E-state index in [4.69, 9.17) is 0 Å². The average Bonchev–Trinajstić information content (AvgIpc) is 3.45. The van der Waals surface area contributed by atoms with Crippen LogP contribution in [0.5, 0.6) is 0 Å². The van der Waals surface area contributed by atoms with Crippen LogP contribution in [-0.4, -0.2) is 220 Å². The Hall–Kier alpha value is -4.42. The van der Waals surface area contributed by atoms with Crippen molar-refractivity contribution in [1.29, 1.82) is 0 Å². The molecule has 0 unspecified atom stereocenters. The maximum absolute atomic E-state index is 2.49. The van der Waals surface area contributed by atoms with Crippen LogP contribution in [0.25, 0.3) is 109 Å². The lowest BCUT2D eigenvalue weighted by molar-refractivity contribution is 1.82. The minimum Gasteiger partial charge on any atom is -0.101 e. The van der Waals surface area contributed by atoms with Gasteiger partial charge in [-0.1, -0.05) is 126 Å². The zero-order valence-electron chi connectivity index (χ0n) is 52.0. The summed E-state index contributed by atoms with van der Waals surface area (Å²) in [7, 11) is 67.5. The van der Waals surface area contributed by atoms with E-state index in [1.807, 2.05) is 0 Å². The third-order valence-corrected chi connectivity index (χ3v) is 22.5. The van der Waals surface area contributed by atoms with E-state index in [0.717, 1.165) is 0 Å². The Morgan fingerprint density at radius 3 is 0.461 bits per heavy atom. The Labute approximate surface area is 478 Å². The molecule has 0 amide bonds. The van der Waals surface area contributed by atoms with Crippen molar-refractivity contribution in [2.24, 2.45) is 0 Å². The maximum atomic E-state index is 2.49. The fourth-order valence-corrected chi connectivity index (χ4v) is 16.4. The summed E-state index contributed by atoms with van der Waals surface area (Å²) in [6, 6.07) is 0.